The van der Waals surface area contributed by atoms with E-state index in [1.165, 1.54) is 0 Å². The van der Waals surface area contributed by atoms with Gasteiger partial charge in [0.05, 0.1) is 17.6 Å². The SMILES string of the molecule is c1cc(-c2ccc3ncc(-c4ccncc4)n3n2)c2ccncc2c1. The molecule has 4 aromatic heterocycles. The van der Waals surface area contributed by atoms with Crippen LogP contribution in [0.1, 0.15) is 0 Å². The molecule has 0 saturated heterocycles. The average Bonchev–Trinajstić information content (AvgIpc) is 3.11. The van der Waals surface area contributed by atoms with Gasteiger partial charge in [-0.05, 0) is 35.7 Å². The second kappa shape index (κ2) is 5.49. The van der Waals surface area contributed by atoms with Crippen LogP contribution in [0.2, 0.25) is 0 Å². The zero-order chi connectivity index (χ0) is 16.6. The number of pyridine rings is 2. The minimum atomic E-state index is 0.817. The highest BCUT2D eigenvalue weighted by atomic mass is 15.3. The molecule has 0 N–H and O–H groups in total. The lowest BCUT2D eigenvalue weighted by Gasteiger charge is -2.07. The van der Waals surface area contributed by atoms with Gasteiger partial charge >= 0.3 is 0 Å². The largest absolute Gasteiger partial charge is 0.265 e. The maximum Gasteiger partial charge on any atom is 0.154 e. The molecule has 4 heterocycles. The molecule has 5 rings (SSSR count). The van der Waals surface area contributed by atoms with E-state index < -0.39 is 0 Å². The Morgan fingerprint density at radius 1 is 0.760 bits per heavy atom. The summed E-state index contributed by atoms with van der Waals surface area (Å²) in [5.74, 6) is 0. The first-order valence-corrected chi connectivity index (χ1v) is 7.98. The van der Waals surface area contributed by atoms with Crippen LogP contribution in [0.4, 0.5) is 0 Å². The molecule has 0 spiro atoms. The van der Waals surface area contributed by atoms with Crippen LogP contribution in [0.3, 0.4) is 0 Å². The molecule has 5 nitrogen and oxygen atoms in total. The molecule has 0 radical (unpaired) electrons. The summed E-state index contributed by atoms with van der Waals surface area (Å²) >= 11 is 0. The Hall–Kier alpha value is -3.60. The number of benzene rings is 1. The number of nitrogens with zero attached hydrogens (tertiary/aromatic N) is 5. The molecule has 1 aromatic carbocycles. The van der Waals surface area contributed by atoms with Gasteiger partial charge in [0.2, 0.25) is 0 Å². The van der Waals surface area contributed by atoms with Gasteiger partial charge in [-0.3, -0.25) is 9.97 Å². The molecule has 0 aliphatic heterocycles. The van der Waals surface area contributed by atoms with Crippen molar-refractivity contribution >= 4 is 16.4 Å². The number of hydrogen-bond donors (Lipinski definition) is 0. The van der Waals surface area contributed by atoms with E-state index in [1.54, 1.807) is 12.4 Å². The highest BCUT2D eigenvalue weighted by molar-refractivity contribution is 5.95. The summed E-state index contributed by atoms with van der Waals surface area (Å²) in [6, 6.07) is 16.1. The van der Waals surface area contributed by atoms with Crippen molar-refractivity contribution in [1.82, 2.24) is 24.6 Å². The standard InChI is InChI=1S/C20H13N5/c1-2-15-12-22-11-8-16(15)17(3-1)18-4-5-20-23-13-19(25(20)24-18)14-6-9-21-10-7-14/h1-13H. The molecule has 25 heavy (non-hydrogen) atoms. The van der Waals surface area contributed by atoms with Crippen molar-refractivity contribution in [1.29, 1.82) is 0 Å². The van der Waals surface area contributed by atoms with E-state index in [0.717, 1.165) is 38.9 Å². The summed E-state index contributed by atoms with van der Waals surface area (Å²) in [4.78, 5) is 12.7. The van der Waals surface area contributed by atoms with E-state index in [1.807, 2.05) is 59.5 Å². The van der Waals surface area contributed by atoms with Crippen LogP contribution in [-0.2, 0) is 0 Å². The van der Waals surface area contributed by atoms with Gasteiger partial charge in [0.25, 0.3) is 0 Å². The van der Waals surface area contributed by atoms with Crippen LogP contribution >= 0.6 is 0 Å². The Balaban J connectivity index is 1.75. The van der Waals surface area contributed by atoms with E-state index in [4.69, 9.17) is 5.10 Å². The predicted octanol–water partition coefficient (Wildman–Crippen LogP) is 4.01. The quantitative estimate of drug-likeness (QED) is 0.492. The van der Waals surface area contributed by atoms with Gasteiger partial charge in [-0.2, -0.15) is 5.10 Å². The maximum atomic E-state index is 4.85. The zero-order valence-corrected chi connectivity index (χ0v) is 13.2. The van der Waals surface area contributed by atoms with E-state index in [-0.39, 0.29) is 0 Å². The third-order valence-corrected chi connectivity index (χ3v) is 4.30. The Labute approximate surface area is 143 Å². The number of imidazole rings is 1. The van der Waals surface area contributed by atoms with Gasteiger partial charge in [-0.25, -0.2) is 9.50 Å². The van der Waals surface area contributed by atoms with Gasteiger partial charge in [-0.15, -0.1) is 0 Å². The lowest BCUT2D eigenvalue weighted by atomic mass is 10.0. The van der Waals surface area contributed by atoms with Crippen LogP contribution in [-0.4, -0.2) is 24.6 Å². The summed E-state index contributed by atoms with van der Waals surface area (Å²) < 4.78 is 1.88. The van der Waals surface area contributed by atoms with Crippen LogP contribution < -0.4 is 0 Å². The van der Waals surface area contributed by atoms with Gasteiger partial charge in [0.15, 0.2) is 5.65 Å². The lowest BCUT2D eigenvalue weighted by Crippen LogP contribution is -1.97. The van der Waals surface area contributed by atoms with Gasteiger partial charge in [-0.1, -0.05) is 18.2 Å². The Bertz CT molecular complexity index is 1190. The number of rotatable bonds is 2. The zero-order valence-electron chi connectivity index (χ0n) is 13.2. The predicted molar refractivity (Wildman–Crippen MR) is 97.0 cm³/mol. The van der Waals surface area contributed by atoms with Crippen molar-refractivity contribution in [2.75, 3.05) is 0 Å². The normalized spacial score (nSPS) is 11.2. The highest BCUT2D eigenvalue weighted by Gasteiger charge is 2.10. The van der Waals surface area contributed by atoms with E-state index in [9.17, 15) is 0 Å². The lowest BCUT2D eigenvalue weighted by molar-refractivity contribution is 0.949. The second-order valence-electron chi connectivity index (χ2n) is 5.77. The van der Waals surface area contributed by atoms with Crippen molar-refractivity contribution in [2.45, 2.75) is 0 Å². The van der Waals surface area contributed by atoms with Crippen LogP contribution in [0.25, 0.3) is 38.9 Å². The van der Waals surface area contributed by atoms with Crippen molar-refractivity contribution in [3.8, 4) is 22.5 Å². The molecule has 0 amide bonds. The molecule has 0 unspecified atom stereocenters. The first-order chi connectivity index (χ1) is 12.4. The summed E-state index contributed by atoms with van der Waals surface area (Å²) in [5.41, 5.74) is 4.78. The van der Waals surface area contributed by atoms with Crippen molar-refractivity contribution < 1.29 is 0 Å². The Kier molecular flexibility index (Phi) is 3.03. The minimum Gasteiger partial charge on any atom is -0.265 e. The molecule has 5 heteroatoms. The maximum absolute atomic E-state index is 4.85. The fourth-order valence-corrected chi connectivity index (χ4v) is 3.08. The third kappa shape index (κ3) is 2.25. The van der Waals surface area contributed by atoms with E-state index >= 15 is 0 Å². The van der Waals surface area contributed by atoms with Crippen LogP contribution in [0, 0.1) is 0 Å². The van der Waals surface area contributed by atoms with E-state index in [0.29, 0.717) is 0 Å². The van der Waals surface area contributed by atoms with E-state index in [2.05, 4.69) is 27.1 Å². The summed E-state index contributed by atoms with van der Waals surface area (Å²) in [6.07, 6.45) is 9.07. The molecule has 0 aliphatic rings. The highest BCUT2D eigenvalue weighted by Crippen LogP contribution is 2.28. The summed E-state index contributed by atoms with van der Waals surface area (Å²) in [6.45, 7) is 0. The molecule has 5 aromatic rings. The number of hydrogen-bond acceptors (Lipinski definition) is 4. The minimum absolute atomic E-state index is 0.817. The second-order valence-corrected chi connectivity index (χ2v) is 5.77. The molecule has 0 atom stereocenters. The number of aromatic nitrogens is 5. The average molecular weight is 323 g/mol. The molecular weight excluding hydrogens is 310 g/mol. The third-order valence-electron chi connectivity index (χ3n) is 4.30. The summed E-state index contributed by atoms with van der Waals surface area (Å²) in [5, 5.41) is 7.08. The van der Waals surface area contributed by atoms with Crippen LogP contribution in [0.15, 0.2) is 79.5 Å². The number of fused-ring (bicyclic) bond motifs is 2. The van der Waals surface area contributed by atoms with Gasteiger partial charge < -0.3 is 0 Å². The van der Waals surface area contributed by atoms with Crippen molar-refractivity contribution in [3.63, 3.8) is 0 Å². The van der Waals surface area contributed by atoms with Gasteiger partial charge in [0.1, 0.15) is 0 Å². The molecule has 0 saturated carbocycles. The van der Waals surface area contributed by atoms with Crippen molar-refractivity contribution in [3.05, 3.63) is 79.5 Å². The monoisotopic (exact) mass is 323 g/mol. The smallest absolute Gasteiger partial charge is 0.154 e. The summed E-state index contributed by atoms with van der Waals surface area (Å²) in [7, 11) is 0. The Morgan fingerprint density at radius 2 is 1.64 bits per heavy atom. The van der Waals surface area contributed by atoms with Crippen LogP contribution in [0.5, 0.6) is 0 Å². The molecule has 118 valence electrons. The fraction of sp³-hybridized carbons (Fsp3) is 0. The molecule has 0 aliphatic carbocycles. The molecular formula is C20H13N5. The topological polar surface area (TPSA) is 56.0 Å². The molecule has 0 fully saturated rings. The first kappa shape index (κ1) is 13.8. The van der Waals surface area contributed by atoms with Gasteiger partial charge in [0, 0.05) is 41.3 Å². The Morgan fingerprint density at radius 3 is 2.56 bits per heavy atom. The van der Waals surface area contributed by atoms with Crippen molar-refractivity contribution in [2.24, 2.45) is 0 Å². The fourth-order valence-electron chi connectivity index (χ4n) is 3.08. The molecule has 0 bridgehead atoms. The first-order valence-electron chi connectivity index (χ1n) is 7.98.